The molecule has 0 aromatic heterocycles. The minimum absolute atomic E-state index is 0.259. The summed E-state index contributed by atoms with van der Waals surface area (Å²) in [6.45, 7) is 0.765. The van der Waals surface area contributed by atoms with E-state index in [4.69, 9.17) is 6.42 Å². The van der Waals surface area contributed by atoms with E-state index in [1.54, 1.807) is 0 Å². The fourth-order valence-corrected chi connectivity index (χ4v) is 7.34. The molecule has 0 radical (unpaired) electrons. The highest BCUT2D eigenvalue weighted by molar-refractivity contribution is 8.89. The number of nitrogens with zero attached hydrogens (tertiary/aromatic N) is 1. The molecule has 0 saturated carbocycles. The minimum Gasteiger partial charge on any atom is -0.283 e. The Bertz CT molecular complexity index is 250. The maximum Gasteiger partial charge on any atom is 0.256 e. The third-order valence-electron chi connectivity index (χ3n) is 1.81. The van der Waals surface area contributed by atoms with E-state index >= 15 is 0 Å². The topological polar surface area (TPSA) is 20.3 Å². The first kappa shape index (κ1) is 10.5. The normalized spacial score (nSPS) is 37.6. The fourth-order valence-electron chi connectivity index (χ4n) is 1.05. The van der Waals surface area contributed by atoms with Crippen LogP contribution in [0.4, 0.5) is 0 Å². The van der Waals surface area contributed by atoms with Crippen LogP contribution in [0, 0.1) is 18.3 Å². The van der Waals surface area contributed by atoms with E-state index in [9.17, 15) is 4.57 Å². The summed E-state index contributed by atoms with van der Waals surface area (Å²) in [7, 11) is 1.88. The van der Waals surface area contributed by atoms with Crippen molar-refractivity contribution in [3.63, 3.8) is 0 Å². The van der Waals surface area contributed by atoms with Crippen molar-refractivity contribution in [1.82, 2.24) is 4.67 Å². The first-order valence-corrected chi connectivity index (χ1v) is 8.68. The van der Waals surface area contributed by atoms with E-state index in [0.29, 0.717) is 0 Å². The predicted octanol–water partition coefficient (Wildman–Crippen LogP) is 2.39. The van der Waals surface area contributed by atoms with E-state index in [2.05, 4.69) is 5.92 Å². The van der Waals surface area contributed by atoms with E-state index in [-0.39, 0.29) is 5.92 Å². The van der Waals surface area contributed by atoms with Crippen molar-refractivity contribution < 1.29 is 4.57 Å². The number of hydrogen-bond donors (Lipinski definition) is 0. The second-order valence-electron chi connectivity index (χ2n) is 2.65. The molecule has 1 heterocycles. The minimum atomic E-state index is -2.16. The van der Waals surface area contributed by atoms with Crippen LogP contribution < -0.4 is 0 Å². The lowest BCUT2D eigenvalue weighted by Gasteiger charge is -2.32. The highest BCUT2D eigenvalue weighted by Crippen LogP contribution is 2.71. The zero-order chi connectivity index (χ0) is 9.19. The Kier molecular flexibility index (Phi) is 3.60. The van der Waals surface area contributed by atoms with Gasteiger partial charge in [0.25, 0.3) is 5.70 Å². The highest BCUT2D eigenvalue weighted by Gasteiger charge is 2.34. The van der Waals surface area contributed by atoms with Gasteiger partial charge in [0.1, 0.15) is 0 Å². The number of hydrogen-bond acceptors (Lipinski definition) is 3. The molecular formula is C7H12NOPS2. The lowest BCUT2D eigenvalue weighted by Crippen LogP contribution is -2.26. The molecule has 0 aromatic carbocycles. The van der Waals surface area contributed by atoms with Crippen LogP contribution in [0.25, 0.3) is 0 Å². The molecule has 0 aromatic rings. The molecule has 68 valence electrons. The molecule has 2 unspecified atom stereocenters. The lowest BCUT2D eigenvalue weighted by atomic mass is 10.2. The van der Waals surface area contributed by atoms with Gasteiger partial charge >= 0.3 is 0 Å². The average Bonchev–Trinajstić information content (AvgIpc) is 2.10. The Morgan fingerprint density at radius 1 is 1.83 bits per heavy atom. The third-order valence-corrected chi connectivity index (χ3v) is 10.9. The summed E-state index contributed by atoms with van der Waals surface area (Å²) < 4.78 is 13.9. The molecule has 1 fully saturated rings. The molecule has 0 amide bonds. The molecule has 2 nitrogen and oxygen atoms in total. The molecule has 2 atom stereocenters. The van der Waals surface area contributed by atoms with Gasteiger partial charge in [-0.2, -0.15) is 0 Å². The Morgan fingerprint density at radius 3 is 2.92 bits per heavy atom. The Hall–Kier alpha value is 0.450. The summed E-state index contributed by atoms with van der Waals surface area (Å²) in [5.74, 6) is 3.79. The van der Waals surface area contributed by atoms with Crippen LogP contribution in [0.2, 0.25) is 0 Å². The van der Waals surface area contributed by atoms with Gasteiger partial charge in [-0.15, -0.1) is 12.3 Å². The van der Waals surface area contributed by atoms with Gasteiger partial charge in [0.2, 0.25) is 0 Å². The quantitative estimate of drug-likeness (QED) is 0.500. The Morgan fingerprint density at radius 2 is 2.50 bits per heavy atom. The summed E-state index contributed by atoms with van der Waals surface area (Å²) in [4.78, 5) is 0. The average molecular weight is 221 g/mol. The molecule has 12 heavy (non-hydrogen) atoms. The van der Waals surface area contributed by atoms with Crippen LogP contribution >= 0.6 is 28.5 Å². The van der Waals surface area contributed by atoms with Crippen molar-refractivity contribution in [2.24, 2.45) is 5.92 Å². The summed E-state index contributed by atoms with van der Waals surface area (Å²) in [5.41, 5.74) is -2.16. The molecule has 0 aliphatic carbocycles. The Labute approximate surface area is 81.8 Å². The van der Waals surface area contributed by atoms with Gasteiger partial charge in [0.15, 0.2) is 0 Å². The second-order valence-corrected chi connectivity index (χ2v) is 10.8. The zero-order valence-corrected chi connectivity index (χ0v) is 9.72. The largest absolute Gasteiger partial charge is 0.283 e. The zero-order valence-electron chi connectivity index (χ0n) is 7.19. The van der Waals surface area contributed by atoms with Crippen LogP contribution in [0.15, 0.2) is 0 Å². The van der Waals surface area contributed by atoms with Crippen molar-refractivity contribution in [2.45, 2.75) is 0 Å². The molecule has 0 spiro atoms. The van der Waals surface area contributed by atoms with E-state index < -0.39 is 5.70 Å². The standard InChI is InChI=1S/C7H12NOPS2/c1-4-7-5-8(2)10(9,11-3)12-6-7/h1,7H,5-6H2,2-3H3. The summed E-state index contributed by atoms with van der Waals surface area (Å²) in [6.07, 6.45) is 7.20. The van der Waals surface area contributed by atoms with E-state index in [0.717, 1.165) is 12.3 Å². The van der Waals surface area contributed by atoms with Gasteiger partial charge in [0.05, 0.1) is 0 Å². The summed E-state index contributed by atoms with van der Waals surface area (Å²) in [6, 6.07) is 0. The monoisotopic (exact) mass is 221 g/mol. The smallest absolute Gasteiger partial charge is 0.256 e. The van der Waals surface area contributed by atoms with E-state index in [1.807, 2.05) is 18.0 Å². The predicted molar refractivity (Wildman–Crippen MR) is 58.5 cm³/mol. The van der Waals surface area contributed by atoms with Gasteiger partial charge < -0.3 is 0 Å². The number of rotatable bonds is 1. The van der Waals surface area contributed by atoms with E-state index in [1.165, 1.54) is 22.8 Å². The molecule has 0 N–H and O–H groups in total. The van der Waals surface area contributed by atoms with Gasteiger partial charge in [-0.05, 0) is 13.3 Å². The van der Waals surface area contributed by atoms with Crippen LogP contribution in [0.5, 0.6) is 0 Å². The highest BCUT2D eigenvalue weighted by atomic mass is 33.1. The SMILES string of the molecule is C#CC1CSP(=O)(SC)N(C)C1. The van der Waals surface area contributed by atoms with Crippen LogP contribution in [0.3, 0.4) is 0 Å². The van der Waals surface area contributed by atoms with Crippen molar-refractivity contribution >= 4 is 28.5 Å². The molecule has 1 aliphatic heterocycles. The summed E-state index contributed by atoms with van der Waals surface area (Å²) >= 11 is 2.95. The van der Waals surface area contributed by atoms with Crippen molar-refractivity contribution in [3.8, 4) is 12.3 Å². The third kappa shape index (κ3) is 2.03. The van der Waals surface area contributed by atoms with Gasteiger partial charge in [-0.1, -0.05) is 22.8 Å². The van der Waals surface area contributed by atoms with Crippen LogP contribution in [-0.4, -0.2) is 30.3 Å². The molecule has 5 heteroatoms. The number of terminal acetylenes is 1. The van der Waals surface area contributed by atoms with Crippen molar-refractivity contribution in [3.05, 3.63) is 0 Å². The van der Waals surface area contributed by atoms with Crippen LogP contribution in [-0.2, 0) is 4.57 Å². The van der Waals surface area contributed by atoms with Crippen molar-refractivity contribution in [2.75, 3.05) is 25.6 Å². The molecule has 1 aliphatic rings. The molecule has 1 rings (SSSR count). The lowest BCUT2D eigenvalue weighted by molar-refractivity contribution is 0.457. The molecule has 1 saturated heterocycles. The maximum atomic E-state index is 12.0. The van der Waals surface area contributed by atoms with Gasteiger partial charge in [0, 0.05) is 18.2 Å². The first-order chi connectivity index (χ1) is 5.62. The van der Waals surface area contributed by atoms with Crippen molar-refractivity contribution in [1.29, 1.82) is 0 Å². The molecule has 0 bridgehead atoms. The van der Waals surface area contributed by atoms with Gasteiger partial charge in [-0.3, -0.25) is 4.57 Å². The first-order valence-electron chi connectivity index (χ1n) is 3.60. The fraction of sp³-hybridized carbons (Fsp3) is 0.714. The van der Waals surface area contributed by atoms with Gasteiger partial charge in [-0.25, -0.2) is 4.67 Å². The molecular weight excluding hydrogens is 209 g/mol. The van der Waals surface area contributed by atoms with Crippen LogP contribution in [0.1, 0.15) is 0 Å². The maximum absolute atomic E-state index is 12.0. The summed E-state index contributed by atoms with van der Waals surface area (Å²) in [5, 5.41) is 0. The second kappa shape index (κ2) is 4.11. The Balaban J connectivity index is 2.67.